The highest BCUT2D eigenvalue weighted by Crippen LogP contribution is 2.41. The Morgan fingerprint density at radius 2 is 2.14 bits per heavy atom. The number of benzene rings is 1. The smallest absolute Gasteiger partial charge is 0.321 e. The monoisotopic (exact) mass is 302 g/mol. The molecule has 2 aromatic rings. The van der Waals surface area contributed by atoms with E-state index in [0.29, 0.717) is 23.8 Å². The van der Waals surface area contributed by atoms with Gasteiger partial charge in [-0.1, -0.05) is 10.8 Å². The van der Waals surface area contributed by atoms with E-state index in [2.05, 4.69) is 0 Å². The van der Waals surface area contributed by atoms with E-state index in [4.69, 9.17) is 4.74 Å². The van der Waals surface area contributed by atoms with Crippen LogP contribution in [0.25, 0.3) is 0 Å². The Morgan fingerprint density at radius 3 is 2.82 bits per heavy atom. The number of anilines is 2. The second-order valence-electron chi connectivity index (χ2n) is 5.76. The second kappa shape index (κ2) is 4.87. The molecule has 1 N–H and O–H groups in total. The first-order valence-corrected chi connectivity index (χ1v) is 6.82. The molecule has 1 aliphatic rings. The molecule has 0 bridgehead atoms. The summed E-state index contributed by atoms with van der Waals surface area (Å²) < 4.78 is 6.88. The summed E-state index contributed by atoms with van der Waals surface area (Å²) in [6.45, 7) is 4.30. The molecule has 0 radical (unpaired) electrons. The molecule has 0 aliphatic carbocycles. The van der Waals surface area contributed by atoms with Crippen molar-refractivity contribution in [3.8, 4) is 5.75 Å². The predicted molar refractivity (Wildman–Crippen MR) is 78.6 cm³/mol. The number of ether oxygens (including phenoxy) is 1. The van der Waals surface area contributed by atoms with Crippen molar-refractivity contribution >= 4 is 17.2 Å². The third-order valence-corrected chi connectivity index (χ3v) is 3.46. The fourth-order valence-electron chi connectivity index (χ4n) is 2.56. The van der Waals surface area contributed by atoms with Crippen LogP contribution in [-0.2, 0) is 0 Å². The summed E-state index contributed by atoms with van der Waals surface area (Å²) in [7, 11) is 0. The summed E-state index contributed by atoms with van der Waals surface area (Å²) in [5.41, 5.74) is 0.0430. The van der Waals surface area contributed by atoms with Crippen LogP contribution in [0.4, 0.5) is 17.2 Å². The highest BCUT2D eigenvalue weighted by atomic mass is 16.6. The molecule has 0 saturated carbocycles. The van der Waals surface area contributed by atoms with Gasteiger partial charge < -0.3 is 9.94 Å². The van der Waals surface area contributed by atoms with Gasteiger partial charge in [0.05, 0.1) is 11.0 Å². The number of nitrogens with zero attached hydrogens (tertiary/aromatic N) is 3. The Kier molecular flexibility index (Phi) is 3.13. The summed E-state index contributed by atoms with van der Waals surface area (Å²) in [6, 6.07) is 9.69. The van der Waals surface area contributed by atoms with E-state index in [1.807, 2.05) is 18.7 Å². The Balaban J connectivity index is 2.17. The lowest BCUT2D eigenvalue weighted by Crippen LogP contribution is -2.49. The van der Waals surface area contributed by atoms with E-state index in [-0.39, 0.29) is 5.69 Å². The van der Waals surface area contributed by atoms with E-state index in [1.54, 1.807) is 24.3 Å². The molecular weight excluding hydrogens is 286 g/mol. The maximum Gasteiger partial charge on any atom is 0.321 e. The Hall–Kier alpha value is -2.83. The fourth-order valence-corrected chi connectivity index (χ4v) is 2.56. The van der Waals surface area contributed by atoms with Crippen molar-refractivity contribution in [2.45, 2.75) is 19.4 Å². The van der Waals surface area contributed by atoms with Gasteiger partial charge in [0.15, 0.2) is 11.4 Å². The lowest BCUT2D eigenvalue weighted by atomic mass is 10.0. The average molecular weight is 302 g/mol. The van der Waals surface area contributed by atoms with Crippen molar-refractivity contribution in [2.24, 2.45) is 0 Å². The van der Waals surface area contributed by atoms with Crippen molar-refractivity contribution in [2.75, 3.05) is 11.4 Å². The highest BCUT2D eigenvalue weighted by molar-refractivity contribution is 5.70. The molecule has 1 aromatic carbocycles. The molecule has 0 fully saturated rings. The molecule has 0 atom stereocenters. The molecule has 1 aliphatic heterocycles. The van der Waals surface area contributed by atoms with Crippen molar-refractivity contribution in [3.63, 3.8) is 0 Å². The van der Waals surface area contributed by atoms with Gasteiger partial charge in [0, 0.05) is 12.1 Å². The van der Waals surface area contributed by atoms with E-state index in [0.717, 1.165) is 4.73 Å². The Labute approximate surface area is 127 Å². The summed E-state index contributed by atoms with van der Waals surface area (Å²) in [5, 5.41) is 21.1. The van der Waals surface area contributed by atoms with E-state index >= 15 is 0 Å². The number of pyridine rings is 1. The molecule has 7 heteroatoms. The van der Waals surface area contributed by atoms with Crippen LogP contribution in [0.15, 0.2) is 42.6 Å². The fraction of sp³-hybridized carbons (Fsp3) is 0.267. The van der Waals surface area contributed by atoms with Gasteiger partial charge in [-0.05, 0) is 26.0 Å². The van der Waals surface area contributed by atoms with Gasteiger partial charge in [0.1, 0.15) is 18.3 Å². The zero-order chi connectivity index (χ0) is 15.9. The normalized spacial score (nSPS) is 15.8. The van der Waals surface area contributed by atoms with Crippen LogP contribution in [-0.4, -0.2) is 22.3 Å². The minimum absolute atomic E-state index is 0.0209. The summed E-state index contributed by atoms with van der Waals surface area (Å²) in [4.78, 5) is 12.4. The average Bonchev–Trinajstić information content (AvgIpc) is 2.45. The van der Waals surface area contributed by atoms with Crippen molar-refractivity contribution in [1.82, 2.24) is 0 Å². The molecule has 22 heavy (non-hydrogen) atoms. The molecule has 114 valence electrons. The number of non-ortho nitro benzene ring substituents is 1. The SMILES string of the molecule is CC1(C)CN(c2cccc[n+]2O)c2cc([N+](=O)[O-])ccc2O1. The topological polar surface area (TPSA) is 79.7 Å². The molecule has 2 heterocycles. The lowest BCUT2D eigenvalue weighted by molar-refractivity contribution is -0.894. The molecule has 0 saturated heterocycles. The molecule has 3 rings (SSSR count). The van der Waals surface area contributed by atoms with Crippen LogP contribution in [0, 0.1) is 10.1 Å². The molecular formula is C15H16N3O4+. The molecule has 7 nitrogen and oxygen atoms in total. The molecule has 0 amide bonds. The van der Waals surface area contributed by atoms with Gasteiger partial charge in [0.25, 0.3) is 5.69 Å². The number of rotatable bonds is 2. The maximum absolute atomic E-state index is 11.0. The van der Waals surface area contributed by atoms with Crippen molar-refractivity contribution < 1.29 is 19.6 Å². The first-order valence-electron chi connectivity index (χ1n) is 6.82. The third kappa shape index (κ3) is 2.41. The van der Waals surface area contributed by atoms with Crippen LogP contribution in [0.3, 0.4) is 0 Å². The molecule has 0 spiro atoms. The minimum Gasteiger partial charge on any atom is -0.479 e. The van der Waals surface area contributed by atoms with Crippen LogP contribution in [0.5, 0.6) is 5.75 Å². The van der Waals surface area contributed by atoms with Crippen LogP contribution in [0.2, 0.25) is 0 Å². The lowest BCUT2D eigenvalue weighted by Gasteiger charge is -2.35. The van der Waals surface area contributed by atoms with Crippen molar-refractivity contribution in [1.29, 1.82) is 0 Å². The third-order valence-electron chi connectivity index (χ3n) is 3.46. The van der Waals surface area contributed by atoms with Gasteiger partial charge in [0.2, 0.25) is 0 Å². The number of aromatic nitrogens is 1. The van der Waals surface area contributed by atoms with Gasteiger partial charge in [-0.2, -0.15) is 0 Å². The minimum atomic E-state index is -0.494. The summed E-state index contributed by atoms with van der Waals surface area (Å²) >= 11 is 0. The van der Waals surface area contributed by atoms with Gasteiger partial charge in [-0.25, -0.2) is 4.90 Å². The second-order valence-corrected chi connectivity index (χ2v) is 5.76. The maximum atomic E-state index is 11.0. The Morgan fingerprint density at radius 1 is 1.36 bits per heavy atom. The summed E-state index contributed by atoms with van der Waals surface area (Å²) in [5.74, 6) is 1.06. The van der Waals surface area contributed by atoms with Crippen molar-refractivity contribution in [3.05, 3.63) is 52.7 Å². The number of nitro benzene ring substituents is 1. The highest BCUT2D eigenvalue weighted by Gasteiger charge is 2.40. The number of nitro groups is 1. The Bertz CT molecular complexity index is 745. The first-order chi connectivity index (χ1) is 10.4. The number of fused-ring (bicyclic) bond motifs is 1. The summed E-state index contributed by atoms with van der Waals surface area (Å²) in [6.07, 6.45) is 1.51. The van der Waals surface area contributed by atoms with E-state index in [9.17, 15) is 15.3 Å². The van der Waals surface area contributed by atoms with Gasteiger partial charge in [-0.15, -0.1) is 0 Å². The van der Waals surface area contributed by atoms with Crippen LogP contribution in [0.1, 0.15) is 13.8 Å². The zero-order valence-electron chi connectivity index (χ0n) is 12.3. The van der Waals surface area contributed by atoms with Gasteiger partial charge in [-0.3, -0.25) is 10.1 Å². The zero-order valence-corrected chi connectivity index (χ0v) is 12.3. The number of hydrogen-bond acceptors (Lipinski definition) is 5. The standard InChI is InChI=1S/C15H16N3O4/c1-15(2)10-16(14-5-3-4-8-17(14)19)12-9-11(18(20)21)6-7-13(12)22-15/h3-9,19H,10H2,1-2H3/q+1. The van der Waals surface area contributed by atoms with E-state index < -0.39 is 10.5 Å². The van der Waals surface area contributed by atoms with Gasteiger partial charge >= 0.3 is 5.82 Å². The first kappa shape index (κ1) is 14.1. The van der Waals surface area contributed by atoms with E-state index in [1.165, 1.54) is 18.3 Å². The largest absolute Gasteiger partial charge is 0.479 e. The van der Waals surface area contributed by atoms with Crippen LogP contribution < -0.4 is 14.4 Å². The quantitative estimate of drug-likeness (QED) is 0.399. The predicted octanol–water partition coefficient (Wildman–Crippen LogP) is 2.43. The molecule has 0 unspecified atom stereocenters. The number of hydrogen-bond donors (Lipinski definition) is 1. The molecule has 1 aromatic heterocycles. The van der Waals surface area contributed by atoms with Crippen LogP contribution >= 0.6 is 0 Å².